The van der Waals surface area contributed by atoms with Gasteiger partial charge in [0.25, 0.3) is 0 Å². The highest BCUT2D eigenvalue weighted by Crippen LogP contribution is 2.31. The molecule has 3 N–H and O–H groups in total. The van der Waals surface area contributed by atoms with Crippen LogP contribution >= 0.6 is 0 Å². The van der Waals surface area contributed by atoms with Crippen LogP contribution < -0.4 is 16.4 Å². The molecule has 1 rings (SSSR count). The lowest BCUT2D eigenvalue weighted by molar-refractivity contribution is -0.168. The summed E-state index contributed by atoms with van der Waals surface area (Å²) in [6.45, 7) is 5.03. The van der Waals surface area contributed by atoms with E-state index < -0.39 is 29.5 Å². The zero-order chi connectivity index (χ0) is 18.9. The Bertz CT molecular complexity index is 513. The molecule has 0 aromatic heterocycles. The normalized spacial score (nSPS) is 19.4. The van der Waals surface area contributed by atoms with Crippen LogP contribution in [0.4, 0.5) is 9.59 Å². The van der Waals surface area contributed by atoms with Crippen molar-refractivity contribution in [1.29, 1.82) is 0 Å². The predicted octanol–water partition coefficient (Wildman–Crippen LogP) is 0.170. The number of amides is 2. The fourth-order valence-electron chi connectivity index (χ4n) is 2.39. The molecule has 0 saturated heterocycles. The second-order valence-corrected chi connectivity index (χ2v) is 4.98. The van der Waals surface area contributed by atoms with Gasteiger partial charge in [0.15, 0.2) is 5.78 Å². The molecule has 0 aromatic carbocycles. The summed E-state index contributed by atoms with van der Waals surface area (Å²) in [6.07, 6.45) is -1.14. The molecule has 0 aromatic rings. The molecule has 1 aliphatic rings. The molecule has 25 heavy (non-hydrogen) atoms. The lowest BCUT2D eigenvalue weighted by Crippen LogP contribution is -2.71. The lowest BCUT2D eigenvalue weighted by Gasteiger charge is -2.36. The van der Waals surface area contributed by atoms with E-state index in [2.05, 4.69) is 16.4 Å². The number of Topliss-reactive ketones (excluding diaryl/α,β-unsaturated/α-hetero) is 1. The fraction of sp³-hybridized carbons (Fsp3) is 0.714. The summed E-state index contributed by atoms with van der Waals surface area (Å²) in [5.41, 5.74) is 4.88. The molecule has 11 heteroatoms. The third-order valence-electron chi connectivity index (χ3n) is 3.42. The van der Waals surface area contributed by atoms with E-state index in [1.54, 1.807) is 20.8 Å². The lowest BCUT2D eigenvalue weighted by atomic mass is 9.97. The van der Waals surface area contributed by atoms with Crippen LogP contribution in [0.5, 0.6) is 0 Å². The molecule has 1 aliphatic carbocycles. The van der Waals surface area contributed by atoms with Gasteiger partial charge in [0.1, 0.15) is 0 Å². The first-order valence-corrected chi connectivity index (χ1v) is 8.04. The van der Waals surface area contributed by atoms with Crippen molar-refractivity contribution in [2.24, 2.45) is 0 Å². The van der Waals surface area contributed by atoms with Gasteiger partial charge in [-0.1, -0.05) is 0 Å². The number of carbonyl (C=O) groups excluding carboxylic acids is 4. The molecule has 1 unspecified atom stereocenters. The van der Waals surface area contributed by atoms with Gasteiger partial charge in [0.2, 0.25) is 5.54 Å². The number of carbonyl (C=O) groups is 4. The van der Waals surface area contributed by atoms with Gasteiger partial charge in [-0.3, -0.25) is 4.79 Å². The zero-order valence-corrected chi connectivity index (χ0v) is 14.5. The van der Waals surface area contributed by atoms with Crippen LogP contribution in [-0.2, 0) is 23.8 Å². The second-order valence-electron chi connectivity index (χ2n) is 4.98. The number of hydrogen-bond acceptors (Lipinski definition) is 9. The van der Waals surface area contributed by atoms with Crippen molar-refractivity contribution in [3.63, 3.8) is 0 Å². The van der Waals surface area contributed by atoms with Crippen LogP contribution in [0.3, 0.4) is 0 Å². The fourth-order valence-corrected chi connectivity index (χ4v) is 2.39. The Morgan fingerprint density at radius 3 is 2.16 bits per heavy atom. The maximum Gasteiger partial charge on any atom is 0.422 e. The van der Waals surface area contributed by atoms with Crippen LogP contribution in [0.1, 0.15) is 40.0 Å². The standard InChI is InChI=1S/C14H24N4O7/c1-4-23-11(20)14(9-7-8-10(14)19)18(16-13(22)25-6-3)17-15-12(21)24-5-2/h17H,4-9H2,1-3H3,(H,15,21)(H,16,22). The van der Waals surface area contributed by atoms with Crippen molar-refractivity contribution < 1.29 is 33.4 Å². The molecule has 0 bridgehead atoms. The van der Waals surface area contributed by atoms with Crippen molar-refractivity contribution in [2.75, 3.05) is 19.8 Å². The highest BCUT2D eigenvalue weighted by Gasteiger charge is 2.56. The highest BCUT2D eigenvalue weighted by atomic mass is 16.6. The molecular formula is C14H24N4O7. The average molecular weight is 360 g/mol. The SMILES string of the molecule is CCOC(=O)NNN(NC(=O)OCC)C1(C(=O)OCC)CCCC1=O. The first-order valence-electron chi connectivity index (χ1n) is 8.04. The molecule has 0 spiro atoms. The van der Waals surface area contributed by atoms with E-state index in [1.807, 2.05) is 0 Å². The first-order chi connectivity index (χ1) is 11.9. The van der Waals surface area contributed by atoms with Gasteiger partial charge in [0.05, 0.1) is 19.8 Å². The van der Waals surface area contributed by atoms with E-state index in [4.69, 9.17) is 14.2 Å². The van der Waals surface area contributed by atoms with Crippen LogP contribution in [-0.4, -0.2) is 54.4 Å². The summed E-state index contributed by atoms with van der Waals surface area (Å²) in [4.78, 5) is 48.2. The van der Waals surface area contributed by atoms with Gasteiger partial charge in [-0.15, -0.1) is 10.7 Å². The summed E-state index contributed by atoms with van der Waals surface area (Å²) in [6, 6.07) is 0. The van der Waals surface area contributed by atoms with Crippen molar-refractivity contribution in [3.8, 4) is 0 Å². The number of rotatable bonds is 8. The maximum atomic E-state index is 12.5. The summed E-state index contributed by atoms with van der Waals surface area (Å²) < 4.78 is 14.5. The molecule has 11 nitrogen and oxygen atoms in total. The minimum absolute atomic E-state index is 0.0480. The van der Waals surface area contributed by atoms with Gasteiger partial charge in [-0.2, -0.15) is 0 Å². The monoisotopic (exact) mass is 360 g/mol. The van der Waals surface area contributed by atoms with E-state index in [9.17, 15) is 19.2 Å². The Labute approximate surface area is 145 Å². The number of hydrogen-bond donors (Lipinski definition) is 3. The summed E-state index contributed by atoms with van der Waals surface area (Å²) >= 11 is 0. The summed E-state index contributed by atoms with van der Waals surface area (Å²) in [7, 11) is 0. The second kappa shape index (κ2) is 9.79. The van der Waals surface area contributed by atoms with Crippen molar-refractivity contribution in [1.82, 2.24) is 21.5 Å². The largest absolute Gasteiger partial charge is 0.464 e. The minimum atomic E-state index is -1.82. The van der Waals surface area contributed by atoms with Crippen LogP contribution in [0.2, 0.25) is 0 Å². The van der Waals surface area contributed by atoms with E-state index in [1.165, 1.54) is 0 Å². The molecule has 0 radical (unpaired) electrons. The first kappa shape index (κ1) is 20.6. The maximum absolute atomic E-state index is 12.5. The number of ether oxygens (including phenoxy) is 3. The van der Waals surface area contributed by atoms with Gasteiger partial charge in [0, 0.05) is 6.42 Å². The van der Waals surface area contributed by atoms with Gasteiger partial charge >= 0.3 is 18.2 Å². The van der Waals surface area contributed by atoms with E-state index in [-0.39, 0.29) is 32.7 Å². The van der Waals surface area contributed by atoms with E-state index in [0.29, 0.717) is 6.42 Å². The van der Waals surface area contributed by atoms with Crippen molar-refractivity contribution in [3.05, 3.63) is 0 Å². The third-order valence-corrected chi connectivity index (χ3v) is 3.42. The van der Waals surface area contributed by atoms with E-state index in [0.717, 1.165) is 5.12 Å². The van der Waals surface area contributed by atoms with Crippen molar-refractivity contribution in [2.45, 2.75) is 45.6 Å². The molecular weight excluding hydrogens is 336 g/mol. The summed E-state index contributed by atoms with van der Waals surface area (Å²) in [5, 5.41) is 0.801. The third kappa shape index (κ3) is 5.03. The number of nitrogens with zero attached hydrogens (tertiary/aromatic N) is 1. The number of nitrogens with one attached hydrogen (secondary N) is 3. The van der Waals surface area contributed by atoms with E-state index >= 15 is 0 Å². The molecule has 1 fully saturated rings. The Morgan fingerprint density at radius 2 is 1.64 bits per heavy atom. The molecule has 2 amide bonds. The number of esters is 1. The van der Waals surface area contributed by atoms with Crippen LogP contribution in [0, 0.1) is 0 Å². The van der Waals surface area contributed by atoms with Crippen LogP contribution in [0.25, 0.3) is 0 Å². The van der Waals surface area contributed by atoms with Crippen molar-refractivity contribution >= 4 is 23.9 Å². The number of hydrazine groups is 3. The predicted molar refractivity (Wildman–Crippen MR) is 83.5 cm³/mol. The molecule has 0 heterocycles. The minimum Gasteiger partial charge on any atom is -0.464 e. The number of ketones is 1. The molecule has 1 atom stereocenters. The molecule has 1 saturated carbocycles. The Morgan fingerprint density at radius 1 is 1.04 bits per heavy atom. The van der Waals surface area contributed by atoms with Gasteiger partial charge in [-0.25, -0.2) is 25.2 Å². The van der Waals surface area contributed by atoms with Gasteiger partial charge in [-0.05, 0) is 33.6 Å². The summed E-state index contributed by atoms with van der Waals surface area (Å²) in [5.74, 6) is -1.30. The highest BCUT2D eigenvalue weighted by molar-refractivity contribution is 6.10. The average Bonchev–Trinajstić information content (AvgIpc) is 2.94. The van der Waals surface area contributed by atoms with Crippen LogP contribution in [0.15, 0.2) is 0 Å². The molecule has 0 aliphatic heterocycles. The zero-order valence-electron chi connectivity index (χ0n) is 14.5. The quantitative estimate of drug-likeness (QED) is 0.239. The Hall–Kier alpha value is -2.40. The van der Waals surface area contributed by atoms with Gasteiger partial charge < -0.3 is 14.2 Å². The smallest absolute Gasteiger partial charge is 0.422 e. The molecule has 142 valence electrons. The Balaban J connectivity index is 3.06. The topological polar surface area (TPSA) is 135 Å². The Kier molecular flexibility index (Phi) is 8.08.